The highest BCUT2D eigenvalue weighted by molar-refractivity contribution is 7.71. The Kier molecular flexibility index (Phi) is 6.93. The number of amides is 1. The van der Waals surface area contributed by atoms with Crippen LogP contribution >= 0.6 is 7.14 Å². The molecule has 2 aromatic heterocycles. The molecule has 3 aromatic rings. The summed E-state index contributed by atoms with van der Waals surface area (Å²) in [5.41, 5.74) is -0.542. The number of anilines is 3. The molecule has 0 atom stereocenters. The molecule has 0 spiro atoms. The Balaban J connectivity index is 1.87. The van der Waals surface area contributed by atoms with Gasteiger partial charge in [-0.05, 0) is 36.4 Å². The van der Waals surface area contributed by atoms with Crippen LogP contribution in [0, 0.1) is 0 Å². The first-order valence-corrected chi connectivity index (χ1v) is 11.9. The number of carbonyl (C=O) groups is 1. The third kappa shape index (κ3) is 5.31. The number of alkyl halides is 3. The maximum absolute atomic E-state index is 13.4. The molecule has 2 N–H and O–H groups in total. The van der Waals surface area contributed by atoms with Crippen LogP contribution in [0.5, 0.6) is 0 Å². The minimum absolute atomic E-state index is 0.133. The first-order chi connectivity index (χ1) is 15.2. The molecular weight excluding hydrogens is 442 g/mol. The molecule has 1 aromatic carbocycles. The summed E-state index contributed by atoms with van der Waals surface area (Å²) >= 11 is 0. The fourth-order valence-corrected chi connectivity index (χ4v) is 4.83. The molecule has 2 heterocycles. The van der Waals surface area contributed by atoms with Gasteiger partial charge in [0.1, 0.15) is 12.7 Å². The number of carbonyl (C=O) groups excluding carboxylic acids is 1. The number of halogens is 3. The molecule has 3 rings (SSSR count). The van der Waals surface area contributed by atoms with Crippen molar-refractivity contribution in [2.24, 2.45) is 0 Å². The lowest BCUT2D eigenvalue weighted by molar-refractivity contribution is -0.137. The number of pyridine rings is 1. The van der Waals surface area contributed by atoms with Crippen LogP contribution in [0.25, 0.3) is 0 Å². The molecule has 7 nitrogen and oxygen atoms in total. The molecule has 32 heavy (non-hydrogen) atoms. The smallest absolute Gasteiger partial charge is 0.324 e. The fourth-order valence-electron chi connectivity index (χ4n) is 2.96. The van der Waals surface area contributed by atoms with E-state index in [9.17, 15) is 22.5 Å². The monoisotopic (exact) mass is 463 g/mol. The Morgan fingerprint density at radius 1 is 1.03 bits per heavy atom. The van der Waals surface area contributed by atoms with E-state index in [1.807, 2.05) is 13.8 Å². The molecule has 0 fully saturated rings. The van der Waals surface area contributed by atoms with E-state index in [1.54, 1.807) is 24.3 Å². The molecule has 0 aliphatic rings. The molecule has 0 saturated carbocycles. The van der Waals surface area contributed by atoms with Crippen LogP contribution in [0.4, 0.5) is 30.6 Å². The van der Waals surface area contributed by atoms with Gasteiger partial charge in [-0.3, -0.25) is 9.78 Å². The zero-order chi connectivity index (χ0) is 23.4. The Bertz CT molecular complexity index is 1130. The molecule has 0 unspecified atom stereocenters. The molecule has 0 radical (unpaired) electrons. The molecule has 168 valence electrons. The molecular formula is C21H21F3N5O2P. The Morgan fingerprint density at radius 3 is 2.22 bits per heavy atom. The van der Waals surface area contributed by atoms with Crippen LogP contribution in [0.15, 0.2) is 55.0 Å². The number of benzene rings is 1. The molecule has 11 heteroatoms. The SMILES string of the molecule is CCP(=O)(CC)c1ccc(Nc2ncc(C(F)(F)F)c(NC(=O)c3ccncc3)n2)cc1. The average Bonchev–Trinajstić information content (AvgIpc) is 2.79. The van der Waals surface area contributed by atoms with Crippen molar-refractivity contribution in [3.63, 3.8) is 0 Å². The second-order valence-corrected chi connectivity index (χ2v) is 10.4. The summed E-state index contributed by atoms with van der Waals surface area (Å²) in [5, 5.41) is 5.73. The maximum Gasteiger partial charge on any atom is 0.421 e. The van der Waals surface area contributed by atoms with Crippen LogP contribution in [-0.2, 0) is 10.7 Å². The van der Waals surface area contributed by atoms with Gasteiger partial charge >= 0.3 is 6.18 Å². The van der Waals surface area contributed by atoms with Gasteiger partial charge in [0.2, 0.25) is 5.95 Å². The molecule has 0 saturated heterocycles. The van der Waals surface area contributed by atoms with Gasteiger partial charge < -0.3 is 15.2 Å². The number of hydrogen-bond acceptors (Lipinski definition) is 6. The third-order valence-corrected chi connectivity index (χ3v) is 8.17. The Hall–Kier alpha value is -3.26. The summed E-state index contributed by atoms with van der Waals surface area (Å²) < 4.78 is 53.0. The summed E-state index contributed by atoms with van der Waals surface area (Å²) in [7, 11) is -2.45. The van der Waals surface area contributed by atoms with Crippen molar-refractivity contribution in [1.29, 1.82) is 0 Å². The van der Waals surface area contributed by atoms with Crippen molar-refractivity contribution in [2.75, 3.05) is 23.0 Å². The largest absolute Gasteiger partial charge is 0.421 e. The van der Waals surface area contributed by atoms with Crippen LogP contribution in [0.2, 0.25) is 0 Å². The van der Waals surface area contributed by atoms with Gasteiger partial charge in [0.05, 0.1) is 0 Å². The number of nitrogens with one attached hydrogen (secondary N) is 2. The lowest BCUT2D eigenvalue weighted by Gasteiger charge is -2.16. The third-order valence-electron chi connectivity index (χ3n) is 4.88. The van der Waals surface area contributed by atoms with E-state index in [0.29, 0.717) is 24.2 Å². The summed E-state index contributed by atoms with van der Waals surface area (Å²) in [6.07, 6.45) is -0.368. The van der Waals surface area contributed by atoms with E-state index in [1.165, 1.54) is 24.5 Å². The quantitative estimate of drug-likeness (QED) is 0.483. The highest BCUT2D eigenvalue weighted by atomic mass is 31.2. The number of hydrogen-bond donors (Lipinski definition) is 2. The first-order valence-electron chi connectivity index (χ1n) is 9.77. The predicted octanol–water partition coefficient (Wildman–Crippen LogP) is 4.91. The van der Waals surface area contributed by atoms with E-state index < -0.39 is 30.6 Å². The average molecular weight is 463 g/mol. The van der Waals surface area contributed by atoms with E-state index in [2.05, 4.69) is 25.6 Å². The second kappa shape index (κ2) is 9.48. The highest BCUT2D eigenvalue weighted by Crippen LogP contribution is 2.43. The predicted molar refractivity (Wildman–Crippen MR) is 117 cm³/mol. The van der Waals surface area contributed by atoms with Crippen LogP contribution in [0.3, 0.4) is 0 Å². The lowest BCUT2D eigenvalue weighted by atomic mass is 10.2. The Labute approximate surface area is 182 Å². The molecule has 1 amide bonds. The highest BCUT2D eigenvalue weighted by Gasteiger charge is 2.36. The number of nitrogens with zero attached hydrogens (tertiary/aromatic N) is 3. The fraction of sp³-hybridized carbons (Fsp3) is 0.238. The molecule has 0 aliphatic carbocycles. The van der Waals surface area contributed by atoms with Crippen LogP contribution in [-0.4, -0.2) is 33.2 Å². The van der Waals surface area contributed by atoms with Gasteiger partial charge in [-0.1, -0.05) is 13.8 Å². The van der Waals surface area contributed by atoms with Crippen LogP contribution in [0.1, 0.15) is 29.8 Å². The summed E-state index contributed by atoms with van der Waals surface area (Å²) in [5.74, 6) is -1.57. The van der Waals surface area contributed by atoms with Gasteiger partial charge in [-0.2, -0.15) is 18.2 Å². The standard InChI is InChI=1S/C21H21F3N5O2P/c1-3-32(31,4-2)16-7-5-15(6-8-16)27-20-26-13-17(21(22,23)24)18(29-20)28-19(30)14-9-11-25-12-10-14/h5-13H,3-4H2,1-2H3,(H2,26,27,28,29,30). The Morgan fingerprint density at radius 2 is 1.66 bits per heavy atom. The van der Waals surface area contributed by atoms with Crippen LogP contribution < -0.4 is 15.9 Å². The zero-order valence-electron chi connectivity index (χ0n) is 17.3. The van der Waals surface area contributed by atoms with Gasteiger partial charge in [0.25, 0.3) is 5.91 Å². The van der Waals surface area contributed by atoms with Gasteiger partial charge in [-0.15, -0.1) is 0 Å². The van der Waals surface area contributed by atoms with Crippen molar-refractivity contribution < 1.29 is 22.5 Å². The minimum Gasteiger partial charge on any atom is -0.324 e. The molecule has 0 bridgehead atoms. The topological polar surface area (TPSA) is 96.9 Å². The maximum atomic E-state index is 13.4. The minimum atomic E-state index is -4.76. The van der Waals surface area contributed by atoms with Gasteiger partial charge in [-0.25, -0.2) is 4.98 Å². The van der Waals surface area contributed by atoms with Gasteiger partial charge in [0.15, 0.2) is 5.82 Å². The number of aromatic nitrogens is 3. The van der Waals surface area contributed by atoms with E-state index in [4.69, 9.17) is 0 Å². The van der Waals surface area contributed by atoms with Crippen molar-refractivity contribution in [1.82, 2.24) is 15.0 Å². The summed E-state index contributed by atoms with van der Waals surface area (Å²) in [4.78, 5) is 23.7. The van der Waals surface area contributed by atoms with Crippen molar-refractivity contribution >= 4 is 35.8 Å². The van der Waals surface area contributed by atoms with Crippen molar-refractivity contribution in [3.8, 4) is 0 Å². The molecule has 0 aliphatic heterocycles. The zero-order valence-corrected chi connectivity index (χ0v) is 18.2. The van der Waals surface area contributed by atoms with E-state index in [0.717, 1.165) is 5.30 Å². The summed E-state index contributed by atoms with van der Waals surface area (Å²) in [6, 6.07) is 9.48. The second-order valence-electron chi connectivity index (χ2n) is 6.84. The van der Waals surface area contributed by atoms with Gasteiger partial charge in [0, 0.05) is 47.5 Å². The summed E-state index contributed by atoms with van der Waals surface area (Å²) in [6.45, 7) is 3.74. The van der Waals surface area contributed by atoms with E-state index in [-0.39, 0.29) is 11.5 Å². The normalized spacial score (nSPS) is 11.8. The van der Waals surface area contributed by atoms with Crippen molar-refractivity contribution in [2.45, 2.75) is 20.0 Å². The van der Waals surface area contributed by atoms with E-state index >= 15 is 0 Å². The lowest BCUT2D eigenvalue weighted by Crippen LogP contribution is -2.19. The van der Waals surface area contributed by atoms with Crippen molar-refractivity contribution in [3.05, 3.63) is 66.1 Å². The number of rotatable bonds is 7. The first kappa shape index (κ1) is 23.4.